The smallest absolute Gasteiger partial charge is 0.161 e. The Morgan fingerprint density at radius 2 is 1.81 bits per heavy atom. The molecule has 194 valence electrons. The molecule has 36 heavy (non-hydrogen) atoms. The zero-order chi connectivity index (χ0) is 25.7. The predicted octanol–water partition coefficient (Wildman–Crippen LogP) is 3.01. The van der Waals surface area contributed by atoms with Gasteiger partial charge < -0.3 is 29.0 Å². The quantitative estimate of drug-likeness (QED) is 0.424. The van der Waals surface area contributed by atoms with Crippen LogP contribution < -0.4 is 14.2 Å². The minimum atomic E-state index is -1.39. The molecule has 0 saturated carbocycles. The number of likely N-dealkylation sites (tertiary alicyclic amines) is 1. The average Bonchev–Trinajstić information content (AvgIpc) is 3.38. The van der Waals surface area contributed by atoms with Crippen LogP contribution in [0.3, 0.4) is 0 Å². The third kappa shape index (κ3) is 6.28. The molecule has 1 aliphatic rings. The van der Waals surface area contributed by atoms with E-state index in [1.807, 2.05) is 48.7 Å². The molecular formula is C26H33ClN4O5. The van der Waals surface area contributed by atoms with Gasteiger partial charge in [-0.2, -0.15) is 0 Å². The van der Waals surface area contributed by atoms with Gasteiger partial charge in [-0.15, -0.1) is 10.2 Å². The molecule has 2 aromatic carbocycles. The summed E-state index contributed by atoms with van der Waals surface area (Å²) in [5.74, 6) is 1.92. The number of hydrogen-bond donors (Lipinski definition) is 2. The monoisotopic (exact) mass is 516 g/mol. The molecule has 0 amide bonds. The number of β-amino-alcohol motifs (C(OH)–C–C–N with tert-alkyl or cyclic N) is 1. The van der Waals surface area contributed by atoms with Crippen LogP contribution in [0.2, 0.25) is 5.02 Å². The number of hydrogen-bond acceptors (Lipinski definition) is 8. The molecule has 1 aliphatic heterocycles. The van der Waals surface area contributed by atoms with E-state index in [1.165, 1.54) is 0 Å². The summed E-state index contributed by atoms with van der Waals surface area (Å²) in [5, 5.41) is 30.1. The molecule has 0 radical (unpaired) electrons. The van der Waals surface area contributed by atoms with Crippen molar-refractivity contribution in [2.45, 2.75) is 45.1 Å². The summed E-state index contributed by atoms with van der Waals surface area (Å²) in [6.45, 7) is 6.41. The Balaban J connectivity index is 1.36. The number of halogens is 1. The van der Waals surface area contributed by atoms with Crippen LogP contribution in [0.15, 0.2) is 43.0 Å². The number of benzene rings is 2. The summed E-state index contributed by atoms with van der Waals surface area (Å²) in [4.78, 5) is 2.11. The highest BCUT2D eigenvalue weighted by molar-refractivity contribution is 6.32. The Bertz CT molecular complexity index is 1140. The van der Waals surface area contributed by atoms with Gasteiger partial charge >= 0.3 is 0 Å². The highest BCUT2D eigenvalue weighted by atomic mass is 35.5. The van der Waals surface area contributed by atoms with Gasteiger partial charge in [0.05, 0.1) is 19.8 Å². The highest BCUT2D eigenvalue weighted by Crippen LogP contribution is 2.31. The molecule has 3 aromatic rings. The van der Waals surface area contributed by atoms with Crippen LogP contribution >= 0.6 is 11.6 Å². The van der Waals surface area contributed by atoms with Gasteiger partial charge in [0.15, 0.2) is 11.5 Å². The standard InChI is InChI=1S/C26H33ClN4O5/c1-18-10-21(11-19(2)25(18)27)36-15-26(33)14-30(7-6-24(26)32)13-20-4-5-22(23(12-20)34-3)35-9-8-31-16-28-29-17-31/h4-5,10-12,16-17,24,32-33H,6-9,13-15H2,1-3H3/t24-,26-/m0/s1. The van der Waals surface area contributed by atoms with Crippen molar-refractivity contribution in [2.24, 2.45) is 0 Å². The third-order valence-corrected chi connectivity index (χ3v) is 7.04. The van der Waals surface area contributed by atoms with Crippen LogP contribution in [0.5, 0.6) is 17.2 Å². The van der Waals surface area contributed by atoms with E-state index in [0.717, 1.165) is 16.7 Å². The van der Waals surface area contributed by atoms with Gasteiger partial charge in [0, 0.05) is 24.7 Å². The number of aromatic nitrogens is 3. The van der Waals surface area contributed by atoms with Crippen molar-refractivity contribution in [1.29, 1.82) is 0 Å². The van der Waals surface area contributed by atoms with Crippen molar-refractivity contribution in [2.75, 3.05) is 33.4 Å². The van der Waals surface area contributed by atoms with Gasteiger partial charge in [-0.25, -0.2) is 0 Å². The summed E-state index contributed by atoms with van der Waals surface area (Å²) < 4.78 is 19.2. The molecule has 1 aromatic heterocycles. The summed E-state index contributed by atoms with van der Waals surface area (Å²) >= 11 is 6.25. The van der Waals surface area contributed by atoms with Crippen LogP contribution in [0.4, 0.5) is 0 Å². The molecule has 9 nitrogen and oxygen atoms in total. The molecule has 2 heterocycles. The maximum absolute atomic E-state index is 11.3. The molecule has 2 atom stereocenters. The Kier molecular flexibility index (Phi) is 8.35. The number of ether oxygens (including phenoxy) is 3. The largest absolute Gasteiger partial charge is 0.493 e. The van der Waals surface area contributed by atoms with Crippen molar-refractivity contribution in [1.82, 2.24) is 19.7 Å². The minimum absolute atomic E-state index is 0.0201. The number of aryl methyl sites for hydroxylation is 2. The second kappa shape index (κ2) is 11.5. The van der Waals surface area contributed by atoms with E-state index in [0.29, 0.717) is 54.9 Å². The predicted molar refractivity (Wildman–Crippen MR) is 136 cm³/mol. The maximum Gasteiger partial charge on any atom is 0.161 e. The van der Waals surface area contributed by atoms with Crippen molar-refractivity contribution in [3.05, 3.63) is 64.7 Å². The number of aliphatic hydroxyl groups excluding tert-OH is 1. The molecular weight excluding hydrogens is 484 g/mol. The number of piperidine rings is 1. The number of aliphatic hydroxyl groups is 2. The van der Waals surface area contributed by atoms with Crippen LogP contribution in [0.1, 0.15) is 23.1 Å². The van der Waals surface area contributed by atoms with Crippen molar-refractivity contribution < 1.29 is 24.4 Å². The van der Waals surface area contributed by atoms with E-state index >= 15 is 0 Å². The highest BCUT2D eigenvalue weighted by Gasteiger charge is 2.42. The summed E-state index contributed by atoms with van der Waals surface area (Å²) in [5.41, 5.74) is 1.44. The van der Waals surface area contributed by atoms with E-state index in [9.17, 15) is 10.2 Å². The SMILES string of the molecule is COc1cc(CN2CC[C@H](O)[C@@](O)(COc3cc(C)c(Cl)c(C)c3)C2)ccc1OCCn1cnnc1. The van der Waals surface area contributed by atoms with E-state index in [-0.39, 0.29) is 13.2 Å². The Morgan fingerprint density at radius 3 is 2.50 bits per heavy atom. The molecule has 0 aliphatic carbocycles. The molecule has 2 N–H and O–H groups in total. The average molecular weight is 517 g/mol. The van der Waals surface area contributed by atoms with E-state index in [4.69, 9.17) is 25.8 Å². The zero-order valence-corrected chi connectivity index (χ0v) is 21.6. The van der Waals surface area contributed by atoms with Gasteiger partial charge in [-0.05, 0) is 61.2 Å². The van der Waals surface area contributed by atoms with Crippen molar-refractivity contribution >= 4 is 11.6 Å². The normalized spacial score (nSPS) is 20.3. The lowest BCUT2D eigenvalue weighted by Crippen LogP contribution is -2.59. The topological polar surface area (TPSA) is 102 Å². The molecule has 0 spiro atoms. The van der Waals surface area contributed by atoms with Crippen LogP contribution in [-0.2, 0) is 13.1 Å². The number of rotatable bonds is 10. The maximum atomic E-state index is 11.3. The Morgan fingerprint density at radius 1 is 1.08 bits per heavy atom. The first-order valence-corrected chi connectivity index (χ1v) is 12.3. The first-order chi connectivity index (χ1) is 17.3. The lowest BCUT2D eigenvalue weighted by atomic mass is 9.90. The van der Waals surface area contributed by atoms with Crippen molar-refractivity contribution in [3.63, 3.8) is 0 Å². The van der Waals surface area contributed by atoms with Gasteiger partial charge in [-0.3, -0.25) is 4.90 Å². The summed E-state index contributed by atoms with van der Waals surface area (Å²) in [6, 6.07) is 9.49. The Hall–Kier alpha value is -2.85. The minimum Gasteiger partial charge on any atom is -0.493 e. The van der Waals surface area contributed by atoms with Gasteiger partial charge in [0.1, 0.15) is 37.2 Å². The molecule has 0 unspecified atom stereocenters. The fourth-order valence-electron chi connectivity index (χ4n) is 4.41. The fraction of sp³-hybridized carbons (Fsp3) is 0.462. The molecule has 10 heteroatoms. The summed E-state index contributed by atoms with van der Waals surface area (Å²) in [6.07, 6.45) is 2.85. The van der Waals surface area contributed by atoms with Crippen molar-refractivity contribution in [3.8, 4) is 17.2 Å². The molecule has 4 rings (SSSR count). The third-order valence-electron chi connectivity index (χ3n) is 6.44. The summed E-state index contributed by atoms with van der Waals surface area (Å²) in [7, 11) is 1.61. The second-order valence-electron chi connectivity index (χ2n) is 9.31. The number of methoxy groups -OCH3 is 1. The van der Waals surface area contributed by atoms with E-state index < -0.39 is 11.7 Å². The second-order valence-corrected chi connectivity index (χ2v) is 9.69. The lowest BCUT2D eigenvalue weighted by molar-refractivity contribution is -0.140. The van der Waals surface area contributed by atoms with Gasteiger partial charge in [-0.1, -0.05) is 17.7 Å². The van der Waals surface area contributed by atoms with Gasteiger partial charge in [0.2, 0.25) is 0 Å². The number of nitrogens with zero attached hydrogens (tertiary/aromatic N) is 4. The molecule has 0 bridgehead atoms. The van der Waals surface area contributed by atoms with E-state index in [2.05, 4.69) is 15.1 Å². The molecule has 1 fully saturated rings. The van der Waals surface area contributed by atoms with Crippen LogP contribution in [0.25, 0.3) is 0 Å². The fourth-order valence-corrected chi connectivity index (χ4v) is 4.52. The Labute approximate surface area is 216 Å². The first-order valence-electron chi connectivity index (χ1n) is 11.9. The molecule has 1 saturated heterocycles. The first kappa shape index (κ1) is 26.2. The zero-order valence-electron chi connectivity index (χ0n) is 20.9. The van der Waals surface area contributed by atoms with Crippen LogP contribution in [0, 0.1) is 13.8 Å². The van der Waals surface area contributed by atoms with E-state index in [1.54, 1.807) is 19.8 Å². The lowest BCUT2D eigenvalue weighted by Gasteiger charge is -2.42. The van der Waals surface area contributed by atoms with Crippen LogP contribution in [-0.4, -0.2) is 75.0 Å². The van der Waals surface area contributed by atoms with Gasteiger partial charge in [0.25, 0.3) is 0 Å².